The van der Waals surface area contributed by atoms with E-state index in [0.717, 1.165) is 54.5 Å². The van der Waals surface area contributed by atoms with Crippen molar-refractivity contribution >= 4 is 35.0 Å². The second-order valence-electron chi connectivity index (χ2n) is 11.3. The maximum Gasteiger partial charge on any atom is 0.227 e. The van der Waals surface area contributed by atoms with Crippen LogP contribution in [0.15, 0.2) is 91.3 Å². The summed E-state index contributed by atoms with van der Waals surface area (Å²) >= 11 is 0. The number of carbonyl (C=O) groups excluding carboxylic acids is 1. The molecular weight excluding hydrogens is 572 g/mol. The van der Waals surface area contributed by atoms with Gasteiger partial charge in [-0.2, -0.15) is 9.97 Å². The van der Waals surface area contributed by atoms with Gasteiger partial charge in [-0.15, -0.1) is 0 Å². The number of hydrogen-bond acceptors (Lipinski definition) is 7. The van der Waals surface area contributed by atoms with Gasteiger partial charge in [0, 0.05) is 37.4 Å². The van der Waals surface area contributed by atoms with Crippen LogP contribution in [0.3, 0.4) is 0 Å². The van der Waals surface area contributed by atoms with Gasteiger partial charge >= 0.3 is 0 Å². The van der Waals surface area contributed by atoms with Crippen LogP contribution in [0.1, 0.15) is 65.0 Å². The van der Waals surface area contributed by atoms with Crippen molar-refractivity contribution in [3.05, 3.63) is 96.8 Å². The zero-order valence-corrected chi connectivity index (χ0v) is 27.7. The molecular formula is C37H48N8O. The molecule has 0 spiro atoms. The van der Waals surface area contributed by atoms with Crippen molar-refractivity contribution < 1.29 is 4.79 Å². The molecule has 0 bridgehead atoms. The number of rotatable bonds is 10. The highest BCUT2D eigenvalue weighted by atomic mass is 16.1. The highest BCUT2D eigenvalue weighted by Crippen LogP contribution is 2.27. The minimum Gasteiger partial charge on any atom is -0.388 e. The van der Waals surface area contributed by atoms with E-state index in [1.807, 2.05) is 63.6 Å². The summed E-state index contributed by atoms with van der Waals surface area (Å²) in [6.45, 7) is 8.85. The summed E-state index contributed by atoms with van der Waals surface area (Å²) in [5, 5.41) is 13.0. The lowest BCUT2D eigenvalue weighted by Crippen LogP contribution is -2.46. The van der Waals surface area contributed by atoms with Crippen molar-refractivity contribution in [2.75, 3.05) is 23.0 Å². The average molecular weight is 621 g/mol. The van der Waals surface area contributed by atoms with Crippen LogP contribution < -0.4 is 21.3 Å². The third-order valence-corrected chi connectivity index (χ3v) is 7.92. The average Bonchev–Trinajstić information content (AvgIpc) is 3.55. The molecule has 0 radical (unpaired) electrons. The first-order valence-corrected chi connectivity index (χ1v) is 16.4. The summed E-state index contributed by atoms with van der Waals surface area (Å²) in [4.78, 5) is 25.4. The lowest BCUT2D eigenvalue weighted by molar-refractivity contribution is -0.110. The molecule has 2 atom stereocenters. The highest BCUT2D eigenvalue weighted by Gasteiger charge is 2.26. The normalized spacial score (nSPS) is 15.5. The van der Waals surface area contributed by atoms with E-state index in [1.54, 1.807) is 0 Å². The van der Waals surface area contributed by atoms with E-state index in [2.05, 4.69) is 93.2 Å². The third kappa shape index (κ3) is 9.06. The molecule has 1 fully saturated rings. The van der Waals surface area contributed by atoms with Gasteiger partial charge in [0.2, 0.25) is 12.4 Å². The molecule has 0 saturated heterocycles. The third-order valence-electron chi connectivity index (χ3n) is 7.92. The molecule has 4 N–H and O–H groups in total. The first kappa shape index (κ1) is 34.0. The lowest BCUT2D eigenvalue weighted by Gasteiger charge is -2.31. The summed E-state index contributed by atoms with van der Waals surface area (Å²) in [7, 11) is 1.91. The Balaban J connectivity index is 0.000000415. The fourth-order valence-corrected chi connectivity index (χ4v) is 5.47. The number of carbonyl (C=O) groups is 1. The molecule has 9 heteroatoms. The molecule has 9 nitrogen and oxygen atoms in total. The van der Waals surface area contributed by atoms with E-state index in [9.17, 15) is 4.79 Å². The van der Waals surface area contributed by atoms with E-state index in [1.165, 1.54) is 11.1 Å². The smallest absolute Gasteiger partial charge is 0.227 e. The number of benzene rings is 3. The van der Waals surface area contributed by atoms with Crippen LogP contribution in [0.4, 0.5) is 17.5 Å². The molecule has 5 aromatic rings. The summed E-state index contributed by atoms with van der Waals surface area (Å²) < 4.78 is 2.06. The Morgan fingerprint density at radius 3 is 2.09 bits per heavy atom. The second-order valence-corrected chi connectivity index (χ2v) is 11.3. The zero-order valence-electron chi connectivity index (χ0n) is 27.7. The Morgan fingerprint density at radius 2 is 1.48 bits per heavy atom. The highest BCUT2D eigenvalue weighted by molar-refractivity contribution is 5.84. The summed E-state index contributed by atoms with van der Waals surface area (Å²) in [6, 6.07) is 29.4. The molecule has 6 rings (SSSR count). The van der Waals surface area contributed by atoms with Crippen molar-refractivity contribution in [3.63, 3.8) is 0 Å². The first-order chi connectivity index (χ1) is 22.6. The standard InChI is InChI=1S/C28H33N7O.C7H9N.C2H6/c1-19(2)35-17-30-25-26(29-16-20-12-14-22(15-13-20)21-8-4-3-5-9-21)33-28(34-27(25)35)32-24-11-7-6-10-23(24)31-18-36;1-8-7-5-3-2-4-6-7;1-2/h3-5,8-9,12-15,17-19,23-24H,6-7,10-11,16H2,1-2H3,(H,31,36)(H2,29,32,33,34);2-6,8H,1H3;1-2H3. The largest absolute Gasteiger partial charge is 0.388 e. The number of anilines is 3. The summed E-state index contributed by atoms with van der Waals surface area (Å²) in [5.41, 5.74) is 6.25. The second kappa shape index (κ2) is 17.5. The van der Waals surface area contributed by atoms with E-state index < -0.39 is 0 Å². The van der Waals surface area contributed by atoms with Gasteiger partial charge in [-0.25, -0.2) is 4.98 Å². The van der Waals surface area contributed by atoms with E-state index in [0.29, 0.717) is 18.3 Å². The fourth-order valence-electron chi connectivity index (χ4n) is 5.47. The number of fused-ring (bicyclic) bond motifs is 1. The molecule has 2 unspecified atom stereocenters. The van der Waals surface area contributed by atoms with Gasteiger partial charge in [-0.3, -0.25) is 4.79 Å². The maximum absolute atomic E-state index is 11.1. The van der Waals surface area contributed by atoms with Crippen molar-refractivity contribution in [3.8, 4) is 11.1 Å². The molecule has 2 heterocycles. The molecule has 0 aliphatic heterocycles. The summed E-state index contributed by atoms with van der Waals surface area (Å²) in [6.07, 6.45) is 6.76. The molecule has 1 aliphatic carbocycles. The van der Waals surface area contributed by atoms with Gasteiger partial charge in [0.25, 0.3) is 0 Å². The number of aromatic nitrogens is 4. The quantitative estimate of drug-likeness (QED) is 0.118. The van der Waals surface area contributed by atoms with Crippen molar-refractivity contribution in [1.82, 2.24) is 24.8 Å². The molecule has 3 aromatic carbocycles. The van der Waals surface area contributed by atoms with Crippen LogP contribution in [-0.4, -0.2) is 45.1 Å². The molecule has 1 aliphatic rings. The Morgan fingerprint density at radius 1 is 0.848 bits per heavy atom. The fraction of sp³-hybridized carbons (Fsp3) is 0.351. The minimum atomic E-state index is 0.0742. The predicted octanol–water partition coefficient (Wildman–Crippen LogP) is 7.91. The van der Waals surface area contributed by atoms with Crippen LogP contribution >= 0.6 is 0 Å². The number of nitrogens with zero attached hydrogens (tertiary/aromatic N) is 4. The molecule has 242 valence electrons. The van der Waals surface area contributed by atoms with Crippen molar-refractivity contribution in [2.45, 2.75) is 78.0 Å². The van der Waals surface area contributed by atoms with Gasteiger partial charge in [-0.05, 0) is 55.5 Å². The number of imidazole rings is 1. The summed E-state index contributed by atoms with van der Waals surface area (Å²) in [5.74, 6) is 1.25. The van der Waals surface area contributed by atoms with Crippen molar-refractivity contribution in [2.24, 2.45) is 0 Å². The number of para-hydroxylation sites is 1. The Labute approximate surface area is 273 Å². The predicted molar refractivity (Wildman–Crippen MR) is 191 cm³/mol. The first-order valence-electron chi connectivity index (χ1n) is 16.4. The molecule has 1 saturated carbocycles. The number of nitrogens with one attached hydrogen (secondary N) is 4. The molecule has 2 aromatic heterocycles. The topological polar surface area (TPSA) is 109 Å². The van der Waals surface area contributed by atoms with Crippen LogP contribution in [0, 0.1) is 0 Å². The number of amides is 1. The van der Waals surface area contributed by atoms with E-state index >= 15 is 0 Å². The van der Waals surface area contributed by atoms with Gasteiger partial charge < -0.3 is 25.8 Å². The number of hydrogen-bond donors (Lipinski definition) is 4. The van der Waals surface area contributed by atoms with E-state index in [4.69, 9.17) is 9.97 Å². The van der Waals surface area contributed by atoms with Gasteiger partial charge in [0.1, 0.15) is 0 Å². The van der Waals surface area contributed by atoms with Crippen LogP contribution in [0.25, 0.3) is 22.3 Å². The van der Waals surface area contributed by atoms with Crippen molar-refractivity contribution in [1.29, 1.82) is 0 Å². The van der Waals surface area contributed by atoms with Crippen LogP contribution in [-0.2, 0) is 11.3 Å². The Hall–Kier alpha value is -4.92. The Bertz CT molecular complexity index is 1600. The molecule has 1 amide bonds. The maximum atomic E-state index is 11.1. The monoisotopic (exact) mass is 620 g/mol. The van der Waals surface area contributed by atoms with Crippen LogP contribution in [0.2, 0.25) is 0 Å². The molecule has 46 heavy (non-hydrogen) atoms. The van der Waals surface area contributed by atoms with E-state index in [-0.39, 0.29) is 18.1 Å². The van der Waals surface area contributed by atoms with Crippen LogP contribution in [0.5, 0.6) is 0 Å². The lowest BCUT2D eigenvalue weighted by atomic mass is 9.90. The zero-order chi connectivity index (χ0) is 32.7. The SMILES string of the molecule is CC.CC(C)n1cnc2c(NCc3ccc(-c4ccccc4)cc3)nc(NC3CCCCC3NC=O)nc21.CNc1ccccc1. The minimum absolute atomic E-state index is 0.0742. The van der Waals surface area contributed by atoms with Gasteiger partial charge in [0.15, 0.2) is 17.0 Å². The van der Waals surface area contributed by atoms with Gasteiger partial charge in [-0.1, -0.05) is 99.5 Å². The Kier molecular flexibility index (Phi) is 12.9. The van der Waals surface area contributed by atoms with Gasteiger partial charge in [0.05, 0.1) is 6.33 Å².